The normalized spacial score (nSPS) is 28.2. The third-order valence-electron chi connectivity index (χ3n) is 5.98. The van der Waals surface area contributed by atoms with Gasteiger partial charge in [0.1, 0.15) is 17.9 Å². The fourth-order valence-electron chi connectivity index (χ4n) is 3.98. The van der Waals surface area contributed by atoms with Gasteiger partial charge in [-0.3, -0.25) is 9.59 Å². The number of likely N-dealkylation sites (N-methyl/N-ethyl adjacent to an activating group) is 2. The van der Waals surface area contributed by atoms with Gasteiger partial charge >= 0.3 is 0 Å². The van der Waals surface area contributed by atoms with Crippen molar-refractivity contribution in [3.05, 3.63) is 29.3 Å². The molecule has 2 amide bonds. The van der Waals surface area contributed by atoms with E-state index in [1.165, 1.54) is 11.0 Å². The molecule has 3 rings (SSSR count). The quantitative estimate of drug-likeness (QED) is 0.695. The number of amides is 2. The van der Waals surface area contributed by atoms with Crippen molar-refractivity contribution in [2.24, 2.45) is 0 Å². The molecule has 1 saturated heterocycles. The van der Waals surface area contributed by atoms with Gasteiger partial charge in [-0.15, -0.1) is 0 Å². The van der Waals surface area contributed by atoms with Crippen molar-refractivity contribution in [1.29, 1.82) is 5.26 Å². The van der Waals surface area contributed by atoms with Crippen molar-refractivity contribution >= 4 is 11.8 Å². The maximum Gasteiger partial charge on any atom is 0.258 e. The van der Waals surface area contributed by atoms with Crippen molar-refractivity contribution in [2.75, 3.05) is 34.4 Å². The van der Waals surface area contributed by atoms with Gasteiger partial charge in [0.15, 0.2) is 0 Å². The van der Waals surface area contributed by atoms with Crippen molar-refractivity contribution in [3.63, 3.8) is 0 Å². The van der Waals surface area contributed by atoms with E-state index in [-0.39, 0.29) is 35.7 Å². The van der Waals surface area contributed by atoms with Crippen LogP contribution in [0.3, 0.4) is 0 Å². The van der Waals surface area contributed by atoms with Crippen LogP contribution in [-0.2, 0) is 14.3 Å². The molecular weight excluding hydrogens is 386 g/mol. The Morgan fingerprint density at radius 2 is 1.97 bits per heavy atom. The van der Waals surface area contributed by atoms with E-state index in [0.717, 1.165) is 12.8 Å². The first kappa shape index (κ1) is 22.1. The highest BCUT2D eigenvalue weighted by molar-refractivity contribution is 5.99. The molecule has 0 spiro atoms. The number of fused-ring (bicyclic) bond motifs is 3. The van der Waals surface area contributed by atoms with Crippen LogP contribution in [0, 0.1) is 11.3 Å². The number of nitriles is 1. The summed E-state index contributed by atoms with van der Waals surface area (Å²) in [4.78, 5) is 29.1. The van der Waals surface area contributed by atoms with Crippen LogP contribution in [0.2, 0.25) is 0 Å². The molecule has 2 aliphatic rings. The number of carbonyl (C=O) groups is 2. The zero-order valence-corrected chi connectivity index (χ0v) is 18.0. The molecule has 0 N–H and O–H groups in total. The lowest BCUT2D eigenvalue weighted by Crippen LogP contribution is -2.52. The number of rotatable bonds is 1. The monoisotopic (exact) mass is 415 g/mol. The molecular formula is C22H29N3O5. The number of methoxy groups -OCH3 is 1. The first-order valence-corrected chi connectivity index (χ1v) is 10.2. The molecule has 2 heterocycles. The largest absolute Gasteiger partial charge is 0.493 e. The maximum absolute atomic E-state index is 13.2. The lowest BCUT2D eigenvalue weighted by Gasteiger charge is -2.39. The first-order chi connectivity index (χ1) is 14.3. The molecule has 0 aromatic heterocycles. The Morgan fingerprint density at radius 3 is 2.67 bits per heavy atom. The van der Waals surface area contributed by atoms with Gasteiger partial charge in [0.25, 0.3) is 5.91 Å². The lowest BCUT2D eigenvalue weighted by atomic mass is 9.98. The summed E-state index contributed by atoms with van der Waals surface area (Å²) in [5.41, 5.74) is 0.637. The average molecular weight is 415 g/mol. The van der Waals surface area contributed by atoms with Crippen molar-refractivity contribution < 1.29 is 23.8 Å². The highest BCUT2D eigenvalue weighted by Crippen LogP contribution is 2.27. The summed E-state index contributed by atoms with van der Waals surface area (Å²) in [6, 6.07) is 6.12. The van der Waals surface area contributed by atoms with Crippen LogP contribution < -0.4 is 4.74 Å². The first-order valence-electron chi connectivity index (χ1n) is 10.2. The number of hydrogen-bond acceptors (Lipinski definition) is 6. The predicted octanol–water partition coefficient (Wildman–Crippen LogP) is 1.82. The molecule has 0 saturated carbocycles. The Kier molecular flexibility index (Phi) is 6.95. The number of hydrogen-bond donors (Lipinski definition) is 0. The zero-order chi connectivity index (χ0) is 21.8. The number of ether oxygens (including phenoxy) is 3. The predicted molar refractivity (Wildman–Crippen MR) is 109 cm³/mol. The molecule has 1 fully saturated rings. The Bertz CT molecular complexity index is 837. The molecule has 30 heavy (non-hydrogen) atoms. The third-order valence-corrected chi connectivity index (χ3v) is 5.98. The number of benzene rings is 1. The second kappa shape index (κ2) is 9.45. The topological polar surface area (TPSA) is 92.1 Å². The van der Waals surface area contributed by atoms with Gasteiger partial charge in [0, 0.05) is 34.2 Å². The minimum Gasteiger partial charge on any atom is -0.493 e. The third kappa shape index (κ3) is 4.58. The summed E-state index contributed by atoms with van der Waals surface area (Å²) < 4.78 is 17.7. The molecule has 162 valence electrons. The van der Waals surface area contributed by atoms with E-state index in [4.69, 9.17) is 14.2 Å². The van der Waals surface area contributed by atoms with Gasteiger partial charge in [-0.1, -0.05) is 0 Å². The SMILES string of the molecule is CO[C@@H]1CC[C@@H]2CCOc3ccc(C#N)cc3C(=O)N(C)[C@@H](C)C(=O)N(C)C[C@@H]1O2. The second-order valence-electron chi connectivity index (χ2n) is 7.92. The molecule has 2 bridgehead atoms. The highest BCUT2D eigenvalue weighted by atomic mass is 16.5. The molecule has 4 atom stereocenters. The van der Waals surface area contributed by atoms with Crippen LogP contribution in [0.1, 0.15) is 42.1 Å². The summed E-state index contributed by atoms with van der Waals surface area (Å²) in [5, 5.41) is 9.23. The zero-order valence-electron chi connectivity index (χ0n) is 18.0. The minimum atomic E-state index is -0.690. The van der Waals surface area contributed by atoms with Crippen LogP contribution in [0.25, 0.3) is 0 Å². The molecule has 2 aliphatic heterocycles. The van der Waals surface area contributed by atoms with Crippen molar-refractivity contribution in [3.8, 4) is 11.8 Å². The van der Waals surface area contributed by atoms with E-state index >= 15 is 0 Å². The van der Waals surface area contributed by atoms with E-state index in [1.807, 2.05) is 6.07 Å². The van der Waals surface area contributed by atoms with Gasteiger partial charge in [-0.25, -0.2) is 0 Å². The fraction of sp³-hybridized carbons (Fsp3) is 0.591. The van der Waals surface area contributed by atoms with Gasteiger partial charge in [0.2, 0.25) is 5.91 Å². The molecule has 1 aromatic carbocycles. The van der Waals surface area contributed by atoms with E-state index in [2.05, 4.69) is 0 Å². The van der Waals surface area contributed by atoms with E-state index in [0.29, 0.717) is 30.9 Å². The second-order valence-corrected chi connectivity index (χ2v) is 7.92. The Morgan fingerprint density at radius 1 is 1.20 bits per heavy atom. The summed E-state index contributed by atoms with van der Waals surface area (Å²) in [6.07, 6.45) is 2.03. The lowest BCUT2D eigenvalue weighted by molar-refractivity contribution is -0.152. The van der Waals surface area contributed by atoms with E-state index < -0.39 is 6.04 Å². The van der Waals surface area contributed by atoms with E-state index in [1.54, 1.807) is 45.2 Å². The summed E-state index contributed by atoms with van der Waals surface area (Å²) >= 11 is 0. The van der Waals surface area contributed by atoms with Crippen LogP contribution in [-0.4, -0.2) is 80.3 Å². The van der Waals surface area contributed by atoms with Crippen LogP contribution in [0.5, 0.6) is 5.75 Å². The molecule has 0 radical (unpaired) electrons. The van der Waals surface area contributed by atoms with Crippen molar-refractivity contribution in [2.45, 2.75) is 50.5 Å². The standard InChI is InChI=1S/C22H29N3O5/c1-14-21(26)24(2)13-20-19(28-4)8-6-16(30-20)9-10-29-18-7-5-15(12-23)11-17(18)22(27)25(14)3/h5,7,11,14,16,19-20H,6,8-10,13H2,1-4H3/t14-,16+,19+,20-/m0/s1. The smallest absolute Gasteiger partial charge is 0.258 e. The summed E-state index contributed by atoms with van der Waals surface area (Å²) in [6.45, 7) is 2.46. The molecule has 8 nitrogen and oxygen atoms in total. The number of nitrogens with zero attached hydrogens (tertiary/aromatic N) is 3. The van der Waals surface area contributed by atoms with Gasteiger partial charge < -0.3 is 24.0 Å². The molecule has 0 aliphatic carbocycles. The van der Waals surface area contributed by atoms with Crippen LogP contribution >= 0.6 is 0 Å². The molecule has 0 unspecified atom stereocenters. The average Bonchev–Trinajstić information content (AvgIpc) is 2.76. The Hall–Kier alpha value is -2.63. The Balaban J connectivity index is 1.94. The summed E-state index contributed by atoms with van der Waals surface area (Å²) in [5.74, 6) is -0.153. The summed E-state index contributed by atoms with van der Waals surface area (Å²) in [7, 11) is 4.96. The number of carbonyl (C=O) groups excluding carboxylic acids is 2. The minimum absolute atomic E-state index is 0.00882. The highest BCUT2D eigenvalue weighted by Gasteiger charge is 2.35. The fourth-order valence-corrected chi connectivity index (χ4v) is 3.98. The molecule has 1 aromatic rings. The van der Waals surface area contributed by atoms with Crippen LogP contribution in [0.15, 0.2) is 18.2 Å². The van der Waals surface area contributed by atoms with Crippen molar-refractivity contribution in [1.82, 2.24) is 9.80 Å². The van der Waals surface area contributed by atoms with Gasteiger partial charge in [0.05, 0.1) is 36.0 Å². The Labute approximate surface area is 177 Å². The molecule has 8 heteroatoms. The van der Waals surface area contributed by atoms with E-state index in [9.17, 15) is 14.9 Å². The van der Waals surface area contributed by atoms with Crippen LogP contribution in [0.4, 0.5) is 0 Å². The van der Waals surface area contributed by atoms with Gasteiger partial charge in [-0.2, -0.15) is 5.26 Å². The van der Waals surface area contributed by atoms with Gasteiger partial charge in [-0.05, 0) is 38.0 Å². The maximum atomic E-state index is 13.2.